The SMILES string of the molecule is C[C@@H]1OCC[C@H]1Nc1cccc(I)c1. The summed E-state index contributed by atoms with van der Waals surface area (Å²) in [4.78, 5) is 0. The van der Waals surface area contributed by atoms with Crippen molar-refractivity contribution in [3.05, 3.63) is 27.8 Å². The Kier molecular flexibility index (Phi) is 3.28. The molecule has 2 nitrogen and oxygen atoms in total. The minimum atomic E-state index is 0.327. The van der Waals surface area contributed by atoms with Gasteiger partial charge in [-0.15, -0.1) is 0 Å². The predicted octanol–water partition coefficient (Wildman–Crippen LogP) is 2.88. The summed E-state index contributed by atoms with van der Waals surface area (Å²) >= 11 is 2.33. The van der Waals surface area contributed by atoms with E-state index in [4.69, 9.17) is 4.74 Å². The van der Waals surface area contributed by atoms with E-state index >= 15 is 0 Å². The summed E-state index contributed by atoms with van der Waals surface area (Å²) in [6.07, 6.45) is 1.43. The molecule has 1 aromatic carbocycles. The van der Waals surface area contributed by atoms with Gasteiger partial charge in [0, 0.05) is 15.9 Å². The molecule has 0 unspecified atom stereocenters. The molecule has 0 aliphatic carbocycles. The predicted molar refractivity (Wildman–Crippen MR) is 66.6 cm³/mol. The Bertz CT molecular complexity index is 316. The van der Waals surface area contributed by atoms with Crippen LogP contribution in [0, 0.1) is 3.57 Å². The zero-order chi connectivity index (χ0) is 9.97. The van der Waals surface area contributed by atoms with E-state index in [0.717, 1.165) is 13.0 Å². The van der Waals surface area contributed by atoms with Crippen LogP contribution in [-0.4, -0.2) is 18.8 Å². The number of halogens is 1. The van der Waals surface area contributed by atoms with Crippen molar-refractivity contribution in [3.8, 4) is 0 Å². The first-order chi connectivity index (χ1) is 6.75. The van der Waals surface area contributed by atoms with E-state index < -0.39 is 0 Å². The summed E-state index contributed by atoms with van der Waals surface area (Å²) in [5.74, 6) is 0. The second kappa shape index (κ2) is 4.49. The van der Waals surface area contributed by atoms with Gasteiger partial charge in [-0.1, -0.05) is 6.07 Å². The minimum absolute atomic E-state index is 0.327. The molecule has 0 spiro atoms. The molecule has 0 aromatic heterocycles. The molecule has 1 N–H and O–H groups in total. The maximum absolute atomic E-state index is 5.50. The average molecular weight is 303 g/mol. The van der Waals surface area contributed by atoms with Crippen molar-refractivity contribution in [2.45, 2.75) is 25.5 Å². The molecule has 1 aliphatic heterocycles. The van der Waals surface area contributed by atoms with Crippen LogP contribution in [0.25, 0.3) is 0 Å². The van der Waals surface area contributed by atoms with Gasteiger partial charge in [-0.2, -0.15) is 0 Å². The Balaban J connectivity index is 2.03. The lowest BCUT2D eigenvalue weighted by Gasteiger charge is -2.17. The molecule has 0 amide bonds. The molecule has 14 heavy (non-hydrogen) atoms. The van der Waals surface area contributed by atoms with E-state index in [1.807, 2.05) is 0 Å². The molecule has 1 heterocycles. The van der Waals surface area contributed by atoms with E-state index in [1.54, 1.807) is 0 Å². The number of nitrogens with one attached hydrogen (secondary N) is 1. The average Bonchev–Trinajstić information content (AvgIpc) is 2.52. The molecule has 2 atom stereocenters. The number of rotatable bonds is 2. The highest BCUT2D eigenvalue weighted by Gasteiger charge is 2.23. The molecule has 1 aromatic rings. The standard InChI is InChI=1S/C11H14INO/c1-8-11(5-6-14-8)13-10-4-2-3-9(12)7-10/h2-4,7-8,11,13H,5-6H2,1H3/t8-,11+/m0/s1. The highest BCUT2D eigenvalue weighted by atomic mass is 127. The zero-order valence-electron chi connectivity index (χ0n) is 8.16. The summed E-state index contributed by atoms with van der Waals surface area (Å²) in [5.41, 5.74) is 1.19. The third-order valence-corrected chi connectivity index (χ3v) is 3.22. The van der Waals surface area contributed by atoms with Gasteiger partial charge < -0.3 is 10.1 Å². The van der Waals surface area contributed by atoms with E-state index in [1.165, 1.54) is 9.26 Å². The number of hydrogen-bond acceptors (Lipinski definition) is 2. The first kappa shape index (κ1) is 10.2. The molecule has 0 radical (unpaired) electrons. The molecule has 1 saturated heterocycles. The minimum Gasteiger partial charge on any atom is -0.380 e. The van der Waals surface area contributed by atoms with Gasteiger partial charge in [0.15, 0.2) is 0 Å². The first-order valence-corrected chi connectivity index (χ1v) is 5.97. The Morgan fingerprint density at radius 3 is 3.00 bits per heavy atom. The van der Waals surface area contributed by atoms with Crippen molar-refractivity contribution in [3.63, 3.8) is 0 Å². The zero-order valence-corrected chi connectivity index (χ0v) is 10.3. The van der Waals surface area contributed by atoms with Crippen LogP contribution in [0.4, 0.5) is 5.69 Å². The summed E-state index contributed by atoms with van der Waals surface area (Å²) < 4.78 is 6.77. The molecule has 2 rings (SSSR count). The molecule has 0 saturated carbocycles. The van der Waals surface area contributed by atoms with Gasteiger partial charge in [0.05, 0.1) is 12.1 Å². The lowest BCUT2D eigenvalue weighted by atomic mass is 10.1. The Labute approximate surface area is 98.2 Å². The smallest absolute Gasteiger partial charge is 0.0748 e. The van der Waals surface area contributed by atoms with Crippen LogP contribution in [0.15, 0.2) is 24.3 Å². The fraction of sp³-hybridized carbons (Fsp3) is 0.455. The Morgan fingerprint density at radius 2 is 2.36 bits per heavy atom. The molecule has 3 heteroatoms. The van der Waals surface area contributed by atoms with E-state index in [0.29, 0.717) is 12.1 Å². The van der Waals surface area contributed by atoms with Crippen LogP contribution >= 0.6 is 22.6 Å². The fourth-order valence-corrected chi connectivity index (χ4v) is 2.26. The van der Waals surface area contributed by atoms with E-state index in [2.05, 4.69) is 59.1 Å². The molecule has 1 fully saturated rings. The third kappa shape index (κ3) is 2.39. The van der Waals surface area contributed by atoms with Gasteiger partial charge in [0.2, 0.25) is 0 Å². The second-order valence-electron chi connectivity index (χ2n) is 3.63. The van der Waals surface area contributed by atoms with Crippen molar-refractivity contribution >= 4 is 28.3 Å². The number of anilines is 1. The highest BCUT2D eigenvalue weighted by molar-refractivity contribution is 14.1. The maximum atomic E-state index is 5.50. The van der Waals surface area contributed by atoms with E-state index in [9.17, 15) is 0 Å². The normalized spacial score (nSPS) is 26.4. The van der Waals surface area contributed by atoms with Crippen LogP contribution in [0.1, 0.15) is 13.3 Å². The van der Waals surface area contributed by atoms with Gasteiger partial charge in [-0.05, 0) is 54.1 Å². The largest absolute Gasteiger partial charge is 0.380 e. The third-order valence-electron chi connectivity index (χ3n) is 2.55. The molecule has 76 valence electrons. The monoisotopic (exact) mass is 303 g/mol. The van der Waals surface area contributed by atoms with Crippen LogP contribution in [-0.2, 0) is 4.74 Å². The molecule has 1 aliphatic rings. The van der Waals surface area contributed by atoms with Crippen molar-refractivity contribution in [2.24, 2.45) is 0 Å². The van der Waals surface area contributed by atoms with Gasteiger partial charge in [0.1, 0.15) is 0 Å². The summed E-state index contributed by atoms with van der Waals surface area (Å²) in [7, 11) is 0. The van der Waals surface area contributed by atoms with Crippen molar-refractivity contribution in [2.75, 3.05) is 11.9 Å². The molecular formula is C11H14INO. The lowest BCUT2D eigenvalue weighted by molar-refractivity contribution is 0.121. The summed E-state index contributed by atoms with van der Waals surface area (Å²) in [6, 6.07) is 8.90. The second-order valence-corrected chi connectivity index (χ2v) is 4.87. The van der Waals surface area contributed by atoms with E-state index in [-0.39, 0.29) is 0 Å². The first-order valence-electron chi connectivity index (χ1n) is 4.89. The Hall–Kier alpha value is -0.290. The van der Waals surface area contributed by atoms with Crippen LogP contribution in [0.2, 0.25) is 0 Å². The van der Waals surface area contributed by atoms with Gasteiger partial charge in [-0.3, -0.25) is 0 Å². The number of hydrogen-bond donors (Lipinski definition) is 1. The summed E-state index contributed by atoms with van der Waals surface area (Å²) in [5, 5.41) is 3.50. The van der Waals surface area contributed by atoms with Crippen molar-refractivity contribution in [1.29, 1.82) is 0 Å². The van der Waals surface area contributed by atoms with Gasteiger partial charge in [0.25, 0.3) is 0 Å². The maximum Gasteiger partial charge on any atom is 0.0748 e. The Morgan fingerprint density at radius 1 is 1.50 bits per heavy atom. The van der Waals surface area contributed by atoms with Crippen molar-refractivity contribution < 1.29 is 4.74 Å². The quantitative estimate of drug-likeness (QED) is 0.848. The van der Waals surface area contributed by atoms with Gasteiger partial charge >= 0.3 is 0 Å². The topological polar surface area (TPSA) is 21.3 Å². The van der Waals surface area contributed by atoms with Gasteiger partial charge in [-0.25, -0.2) is 0 Å². The molecular weight excluding hydrogens is 289 g/mol. The van der Waals surface area contributed by atoms with Crippen LogP contribution in [0.5, 0.6) is 0 Å². The van der Waals surface area contributed by atoms with Crippen LogP contribution < -0.4 is 5.32 Å². The van der Waals surface area contributed by atoms with Crippen molar-refractivity contribution in [1.82, 2.24) is 0 Å². The highest BCUT2D eigenvalue weighted by Crippen LogP contribution is 2.20. The number of ether oxygens (including phenoxy) is 1. The van der Waals surface area contributed by atoms with Crippen LogP contribution in [0.3, 0.4) is 0 Å². The number of benzene rings is 1. The lowest BCUT2D eigenvalue weighted by Crippen LogP contribution is -2.26. The fourth-order valence-electron chi connectivity index (χ4n) is 1.71. The molecule has 0 bridgehead atoms. The summed E-state index contributed by atoms with van der Waals surface area (Å²) in [6.45, 7) is 3.00.